The molecule has 0 aliphatic carbocycles. The van der Waals surface area contributed by atoms with E-state index < -0.39 is 0 Å². The van der Waals surface area contributed by atoms with Crippen LogP contribution in [0.4, 0.5) is 0 Å². The van der Waals surface area contributed by atoms with Gasteiger partial charge in [-0.2, -0.15) is 0 Å². The Labute approximate surface area is 100 Å². The second-order valence-corrected chi connectivity index (χ2v) is 4.76. The largest absolute Gasteiger partial charge is 0.327 e. The van der Waals surface area contributed by atoms with Crippen molar-refractivity contribution in [3.63, 3.8) is 0 Å². The minimum absolute atomic E-state index is 0.358. The molecule has 1 aromatic carbocycles. The van der Waals surface area contributed by atoms with Gasteiger partial charge in [0, 0.05) is 6.04 Å². The molecule has 1 heteroatoms. The highest BCUT2D eigenvalue weighted by Crippen LogP contribution is 2.16. The van der Waals surface area contributed by atoms with Crippen LogP contribution in [-0.2, 0) is 6.42 Å². The zero-order chi connectivity index (χ0) is 12.0. The van der Waals surface area contributed by atoms with Gasteiger partial charge in [0.05, 0.1) is 0 Å². The maximum atomic E-state index is 6.22. The highest BCUT2D eigenvalue weighted by Gasteiger charge is 2.13. The van der Waals surface area contributed by atoms with E-state index in [9.17, 15) is 0 Å². The van der Waals surface area contributed by atoms with Crippen molar-refractivity contribution in [3.05, 3.63) is 35.4 Å². The van der Waals surface area contributed by atoms with Gasteiger partial charge in [0.15, 0.2) is 0 Å². The summed E-state index contributed by atoms with van der Waals surface area (Å²) in [6, 6.07) is 9.15. The van der Waals surface area contributed by atoms with Crippen LogP contribution in [0.5, 0.6) is 0 Å². The first kappa shape index (κ1) is 13.2. The zero-order valence-corrected chi connectivity index (χ0v) is 10.9. The van der Waals surface area contributed by atoms with E-state index in [4.69, 9.17) is 5.73 Å². The molecule has 0 aliphatic rings. The first-order chi connectivity index (χ1) is 7.67. The van der Waals surface area contributed by atoms with E-state index >= 15 is 0 Å². The number of aryl methyl sites for hydroxylation is 2. The standard InChI is InChI=1S/C15H25N/c1-4-14(5-2)15(16)11-10-13-8-6-12(3)7-9-13/h6-9,14-15H,4-5,10-11,16H2,1-3H3. The Morgan fingerprint density at radius 2 is 1.62 bits per heavy atom. The summed E-state index contributed by atoms with van der Waals surface area (Å²) in [4.78, 5) is 0. The Morgan fingerprint density at radius 1 is 1.06 bits per heavy atom. The molecule has 0 saturated carbocycles. The van der Waals surface area contributed by atoms with Gasteiger partial charge in [-0.15, -0.1) is 0 Å². The molecule has 1 nitrogen and oxygen atoms in total. The van der Waals surface area contributed by atoms with Gasteiger partial charge in [-0.3, -0.25) is 0 Å². The number of benzene rings is 1. The molecule has 2 N–H and O–H groups in total. The van der Waals surface area contributed by atoms with E-state index in [0.29, 0.717) is 12.0 Å². The molecule has 0 bridgehead atoms. The molecule has 1 aromatic rings. The third kappa shape index (κ3) is 3.97. The third-order valence-corrected chi connectivity index (χ3v) is 3.54. The summed E-state index contributed by atoms with van der Waals surface area (Å²) in [5.74, 6) is 0.686. The average Bonchev–Trinajstić information content (AvgIpc) is 2.30. The van der Waals surface area contributed by atoms with Gasteiger partial charge < -0.3 is 5.73 Å². The highest BCUT2D eigenvalue weighted by atomic mass is 14.6. The second-order valence-electron chi connectivity index (χ2n) is 4.76. The molecule has 0 saturated heterocycles. The van der Waals surface area contributed by atoms with E-state index in [1.54, 1.807) is 0 Å². The van der Waals surface area contributed by atoms with Crippen molar-refractivity contribution in [1.82, 2.24) is 0 Å². The zero-order valence-electron chi connectivity index (χ0n) is 10.9. The Hall–Kier alpha value is -0.820. The molecule has 0 aliphatic heterocycles. The van der Waals surface area contributed by atoms with Gasteiger partial charge in [-0.25, -0.2) is 0 Å². The van der Waals surface area contributed by atoms with Crippen LogP contribution in [0, 0.1) is 12.8 Å². The van der Waals surface area contributed by atoms with E-state index in [1.807, 2.05) is 0 Å². The van der Waals surface area contributed by atoms with Crippen molar-refractivity contribution < 1.29 is 0 Å². The lowest BCUT2D eigenvalue weighted by Crippen LogP contribution is -2.29. The van der Waals surface area contributed by atoms with E-state index in [0.717, 1.165) is 12.8 Å². The Morgan fingerprint density at radius 3 is 2.12 bits per heavy atom. The summed E-state index contributed by atoms with van der Waals surface area (Å²) in [5, 5.41) is 0. The number of nitrogens with two attached hydrogens (primary N) is 1. The molecule has 0 heterocycles. The molecule has 0 radical (unpaired) electrons. The fraction of sp³-hybridized carbons (Fsp3) is 0.600. The molecule has 16 heavy (non-hydrogen) atoms. The molecule has 1 atom stereocenters. The Kier molecular flexibility index (Phi) is 5.54. The summed E-state index contributed by atoms with van der Waals surface area (Å²) >= 11 is 0. The summed E-state index contributed by atoms with van der Waals surface area (Å²) in [6.07, 6.45) is 4.62. The Bertz CT molecular complexity index is 285. The van der Waals surface area contributed by atoms with Crippen LogP contribution in [0.15, 0.2) is 24.3 Å². The molecule has 1 unspecified atom stereocenters. The molecule has 0 fully saturated rings. The van der Waals surface area contributed by atoms with Crippen LogP contribution < -0.4 is 5.73 Å². The lowest BCUT2D eigenvalue weighted by Gasteiger charge is -2.21. The van der Waals surface area contributed by atoms with Crippen molar-refractivity contribution in [3.8, 4) is 0 Å². The van der Waals surface area contributed by atoms with Crippen LogP contribution in [0.2, 0.25) is 0 Å². The van der Waals surface area contributed by atoms with Gasteiger partial charge in [0.2, 0.25) is 0 Å². The molecule has 1 rings (SSSR count). The average molecular weight is 219 g/mol. The summed E-state index contributed by atoms with van der Waals surface area (Å²) in [6.45, 7) is 6.60. The summed E-state index contributed by atoms with van der Waals surface area (Å²) < 4.78 is 0. The van der Waals surface area contributed by atoms with Crippen molar-refractivity contribution in [2.24, 2.45) is 11.7 Å². The number of hydrogen-bond acceptors (Lipinski definition) is 1. The lowest BCUT2D eigenvalue weighted by atomic mass is 9.90. The minimum Gasteiger partial charge on any atom is -0.327 e. The van der Waals surface area contributed by atoms with Gasteiger partial charge in [0.25, 0.3) is 0 Å². The first-order valence-corrected chi connectivity index (χ1v) is 6.48. The normalized spacial score (nSPS) is 13.1. The van der Waals surface area contributed by atoms with Gasteiger partial charge in [-0.1, -0.05) is 56.5 Å². The van der Waals surface area contributed by atoms with Gasteiger partial charge in [-0.05, 0) is 31.2 Å². The van der Waals surface area contributed by atoms with Crippen molar-refractivity contribution >= 4 is 0 Å². The Balaban J connectivity index is 2.42. The molecule has 0 amide bonds. The van der Waals surface area contributed by atoms with Crippen LogP contribution in [0.25, 0.3) is 0 Å². The van der Waals surface area contributed by atoms with Gasteiger partial charge >= 0.3 is 0 Å². The van der Waals surface area contributed by atoms with Crippen LogP contribution in [0.1, 0.15) is 44.2 Å². The number of rotatable bonds is 6. The summed E-state index contributed by atoms with van der Waals surface area (Å²) in [5.41, 5.74) is 8.95. The van der Waals surface area contributed by atoms with Gasteiger partial charge in [0.1, 0.15) is 0 Å². The van der Waals surface area contributed by atoms with Crippen molar-refractivity contribution in [2.45, 2.75) is 52.5 Å². The first-order valence-electron chi connectivity index (χ1n) is 6.48. The third-order valence-electron chi connectivity index (χ3n) is 3.54. The minimum atomic E-state index is 0.358. The van der Waals surface area contributed by atoms with Crippen molar-refractivity contribution in [2.75, 3.05) is 0 Å². The predicted octanol–water partition coefficient (Wildman–Crippen LogP) is 3.69. The SMILES string of the molecule is CCC(CC)C(N)CCc1ccc(C)cc1. The molecule has 0 aromatic heterocycles. The molecular formula is C15H25N. The quantitative estimate of drug-likeness (QED) is 0.776. The lowest BCUT2D eigenvalue weighted by molar-refractivity contribution is 0.378. The van der Waals surface area contributed by atoms with E-state index in [-0.39, 0.29) is 0 Å². The maximum Gasteiger partial charge on any atom is 0.00701 e. The fourth-order valence-electron chi connectivity index (χ4n) is 2.22. The smallest absolute Gasteiger partial charge is 0.00701 e. The molecule has 0 spiro atoms. The van der Waals surface area contributed by atoms with E-state index in [1.165, 1.54) is 24.0 Å². The van der Waals surface area contributed by atoms with Crippen LogP contribution in [-0.4, -0.2) is 6.04 Å². The topological polar surface area (TPSA) is 26.0 Å². The van der Waals surface area contributed by atoms with E-state index in [2.05, 4.69) is 45.0 Å². The summed E-state index contributed by atoms with van der Waals surface area (Å²) in [7, 11) is 0. The van der Waals surface area contributed by atoms with Crippen molar-refractivity contribution in [1.29, 1.82) is 0 Å². The number of hydrogen-bond donors (Lipinski definition) is 1. The molecular weight excluding hydrogens is 194 g/mol. The maximum absolute atomic E-state index is 6.22. The highest BCUT2D eigenvalue weighted by molar-refractivity contribution is 5.21. The fourth-order valence-corrected chi connectivity index (χ4v) is 2.22. The molecule has 90 valence electrons. The monoisotopic (exact) mass is 219 g/mol. The second kappa shape index (κ2) is 6.70. The van der Waals surface area contributed by atoms with Crippen LogP contribution >= 0.6 is 0 Å². The predicted molar refractivity (Wildman–Crippen MR) is 71.5 cm³/mol. The van der Waals surface area contributed by atoms with Crippen LogP contribution in [0.3, 0.4) is 0 Å².